The first-order chi connectivity index (χ1) is 7.24. The Kier molecular flexibility index (Phi) is 5.73. The summed E-state index contributed by atoms with van der Waals surface area (Å²) in [5, 5.41) is 0. The Morgan fingerprint density at radius 2 is 2.20 bits per heavy atom. The molecule has 15 heavy (non-hydrogen) atoms. The fourth-order valence-electron chi connectivity index (χ4n) is 1.24. The van der Waals surface area contributed by atoms with Crippen molar-refractivity contribution in [3.8, 4) is 0 Å². The van der Waals surface area contributed by atoms with Gasteiger partial charge in [-0.1, -0.05) is 37.4 Å². The van der Waals surface area contributed by atoms with E-state index >= 15 is 0 Å². The van der Waals surface area contributed by atoms with Crippen molar-refractivity contribution in [2.24, 2.45) is 0 Å². The summed E-state index contributed by atoms with van der Waals surface area (Å²) in [5.74, 6) is 1.01. The highest BCUT2D eigenvalue weighted by atomic mass is 32.2. The van der Waals surface area contributed by atoms with E-state index in [1.54, 1.807) is 18.9 Å². The zero-order valence-electron chi connectivity index (χ0n) is 9.35. The molecule has 1 nitrogen and oxygen atoms in total. The van der Waals surface area contributed by atoms with Crippen LogP contribution in [0.25, 0.3) is 0 Å². The number of aryl methyl sites for hydroxylation is 1. The van der Waals surface area contributed by atoms with E-state index in [9.17, 15) is 4.39 Å². The Morgan fingerprint density at radius 3 is 2.87 bits per heavy atom. The van der Waals surface area contributed by atoms with Crippen LogP contribution in [0.5, 0.6) is 0 Å². The normalized spacial score (nSPS) is 10.6. The van der Waals surface area contributed by atoms with Crippen molar-refractivity contribution >= 4 is 11.9 Å². The molecular weight excluding hydrogens is 209 g/mol. The summed E-state index contributed by atoms with van der Waals surface area (Å²) in [7, 11) is 0. The number of rotatable bonds is 6. The van der Waals surface area contributed by atoms with E-state index in [1.165, 1.54) is 18.9 Å². The van der Waals surface area contributed by atoms with Crippen molar-refractivity contribution in [1.29, 1.82) is 0 Å². The topological polar surface area (TPSA) is 12.0 Å². The predicted octanol–water partition coefficient (Wildman–Crippen LogP) is 3.67. The molecule has 0 heterocycles. The standard InChI is InChI=1S/C12H18FNS/c1-3-4-7-15-14-9-11-5-6-12(13)10(2)8-11/h5-6,8,14H,3-4,7,9H2,1-2H3. The highest BCUT2D eigenvalue weighted by Crippen LogP contribution is 2.10. The second-order valence-electron chi connectivity index (χ2n) is 3.61. The van der Waals surface area contributed by atoms with Crippen LogP contribution in [0.15, 0.2) is 18.2 Å². The van der Waals surface area contributed by atoms with Crippen molar-refractivity contribution in [1.82, 2.24) is 4.72 Å². The minimum absolute atomic E-state index is 0.127. The Morgan fingerprint density at radius 1 is 1.40 bits per heavy atom. The summed E-state index contributed by atoms with van der Waals surface area (Å²) in [6, 6.07) is 5.25. The van der Waals surface area contributed by atoms with Gasteiger partial charge in [0.1, 0.15) is 5.82 Å². The van der Waals surface area contributed by atoms with Crippen molar-refractivity contribution in [2.45, 2.75) is 33.2 Å². The summed E-state index contributed by atoms with van der Waals surface area (Å²) in [4.78, 5) is 0. The molecule has 1 aromatic rings. The van der Waals surface area contributed by atoms with Gasteiger partial charge in [0, 0.05) is 12.3 Å². The highest BCUT2D eigenvalue weighted by molar-refractivity contribution is 7.97. The first-order valence-electron chi connectivity index (χ1n) is 5.33. The number of benzene rings is 1. The first-order valence-corrected chi connectivity index (χ1v) is 6.32. The lowest BCUT2D eigenvalue weighted by Gasteiger charge is -2.05. The molecule has 3 heteroatoms. The number of hydrogen-bond acceptors (Lipinski definition) is 2. The van der Waals surface area contributed by atoms with Crippen molar-refractivity contribution in [3.63, 3.8) is 0 Å². The van der Waals surface area contributed by atoms with Gasteiger partial charge in [0.2, 0.25) is 0 Å². The third kappa shape index (κ3) is 4.67. The van der Waals surface area contributed by atoms with Gasteiger partial charge in [-0.2, -0.15) is 0 Å². The largest absolute Gasteiger partial charge is 0.260 e. The van der Waals surface area contributed by atoms with E-state index in [2.05, 4.69) is 11.6 Å². The van der Waals surface area contributed by atoms with Crippen LogP contribution in [0.1, 0.15) is 30.9 Å². The SMILES string of the molecule is CCCCSNCc1ccc(F)c(C)c1. The van der Waals surface area contributed by atoms with E-state index in [0.29, 0.717) is 5.56 Å². The van der Waals surface area contributed by atoms with Gasteiger partial charge in [-0.25, -0.2) is 4.39 Å². The number of halogens is 1. The van der Waals surface area contributed by atoms with Gasteiger partial charge in [0.25, 0.3) is 0 Å². The molecule has 0 bridgehead atoms. The third-order valence-electron chi connectivity index (χ3n) is 2.20. The number of nitrogens with one attached hydrogen (secondary N) is 1. The van der Waals surface area contributed by atoms with Crippen LogP contribution in [0, 0.1) is 12.7 Å². The monoisotopic (exact) mass is 227 g/mol. The lowest BCUT2D eigenvalue weighted by molar-refractivity contribution is 0.617. The summed E-state index contributed by atoms with van der Waals surface area (Å²) in [6.45, 7) is 4.78. The summed E-state index contributed by atoms with van der Waals surface area (Å²) >= 11 is 1.74. The molecule has 1 N–H and O–H groups in total. The Labute approximate surface area is 95.6 Å². The number of hydrogen-bond donors (Lipinski definition) is 1. The highest BCUT2D eigenvalue weighted by Gasteiger charge is 1.98. The van der Waals surface area contributed by atoms with E-state index in [4.69, 9.17) is 0 Å². The van der Waals surface area contributed by atoms with Crippen molar-refractivity contribution in [2.75, 3.05) is 5.75 Å². The molecule has 0 radical (unpaired) electrons. The van der Waals surface area contributed by atoms with Crippen LogP contribution in [0.3, 0.4) is 0 Å². The number of unbranched alkanes of at least 4 members (excludes halogenated alkanes) is 1. The first kappa shape index (κ1) is 12.5. The van der Waals surface area contributed by atoms with Crippen LogP contribution in [0.4, 0.5) is 4.39 Å². The third-order valence-corrected chi connectivity index (χ3v) is 3.04. The van der Waals surface area contributed by atoms with Crippen LogP contribution >= 0.6 is 11.9 Å². The second kappa shape index (κ2) is 6.85. The molecule has 0 atom stereocenters. The maximum Gasteiger partial charge on any atom is 0.126 e. The van der Waals surface area contributed by atoms with Crippen molar-refractivity contribution < 1.29 is 4.39 Å². The van der Waals surface area contributed by atoms with Crippen LogP contribution in [-0.2, 0) is 6.54 Å². The predicted molar refractivity (Wildman–Crippen MR) is 65.3 cm³/mol. The van der Waals surface area contributed by atoms with Gasteiger partial charge in [-0.15, -0.1) is 0 Å². The Bertz CT molecular complexity index is 302. The quantitative estimate of drug-likeness (QED) is 0.588. The maximum absolute atomic E-state index is 13.0. The van der Waals surface area contributed by atoms with E-state index < -0.39 is 0 Å². The molecule has 0 aromatic heterocycles. The van der Waals surface area contributed by atoms with Gasteiger partial charge in [-0.05, 0) is 30.5 Å². The minimum Gasteiger partial charge on any atom is -0.260 e. The van der Waals surface area contributed by atoms with Gasteiger partial charge in [0.05, 0.1) is 0 Å². The molecule has 0 saturated heterocycles. The molecule has 0 fully saturated rings. The van der Waals surface area contributed by atoms with Crippen LogP contribution in [-0.4, -0.2) is 5.75 Å². The molecule has 1 rings (SSSR count). The molecule has 0 saturated carbocycles. The average molecular weight is 227 g/mol. The fraction of sp³-hybridized carbons (Fsp3) is 0.500. The summed E-state index contributed by atoms with van der Waals surface area (Å²) < 4.78 is 16.2. The molecule has 84 valence electrons. The Hall–Kier alpha value is -0.540. The lowest BCUT2D eigenvalue weighted by atomic mass is 10.1. The Balaban J connectivity index is 2.28. The zero-order chi connectivity index (χ0) is 11.1. The molecule has 0 unspecified atom stereocenters. The van der Waals surface area contributed by atoms with Gasteiger partial charge in [-0.3, -0.25) is 4.72 Å². The zero-order valence-corrected chi connectivity index (χ0v) is 10.2. The van der Waals surface area contributed by atoms with E-state index in [1.807, 2.05) is 12.1 Å². The van der Waals surface area contributed by atoms with E-state index in [0.717, 1.165) is 17.9 Å². The van der Waals surface area contributed by atoms with E-state index in [-0.39, 0.29) is 5.82 Å². The van der Waals surface area contributed by atoms with Gasteiger partial charge in [0.15, 0.2) is 0 Å². The molecule has 1 aromatic carbocycles. The molecule has 0 aliphatic carbocycles. The van der Waals surface area contributed by atoms with Gasteiger partial charge < -0.3 is 0 Å². The minimum atomic E-state index is -0.127. The molecule has 0 amide bonds. The lowest BCUT2D eigenvalue weighted by Crippen LogP contribution is -2.04. The second-order valence-corrected chi connectivity index (χ2v) is 4.59. The molecule has 0 aliphatic heterocycles. The van der Waals surface area contributed by atoms with Gasteiger partial charge >= 0.3 is 0 Å². The van der Waals surface area contributed by atoms with Crippen LogP contribution < -0.4 is 4.72 Å². The smallest absolute Gasteiger partial charge is 0.126 e. The summed E-state index contributed by atoms with van der Waals surface area (Å²) in [6.07, 6.45) is 2.46. The fourth-order valence-corrected chi connectivity index (χ4v) is 2.09. The molecule has 0 aliphatic rings. The summed E-state index contributed by atoms with van der Waals surface area (Å²) in [5.41, 5.74) is 1.85. The molecule has 0 spiro atoms. The van der Waals surface area contributed by atoms with Crippen molar-refractivity contribution in [3.05, 3.63) is 35.1 Å². The van der Waals surface area contributed by atoms with Crippen LogP contribution in [0.2, 0.25) is 0 Å². The maximum atomic E-state index is 13.0. The average Bonchev–Trinajstić information content (AvgIpc) is 2.23. The molecular formula is C12H18FNS.